The Kier molecular flexibility index (Phi) is 3.39. The summed E-state index contributed by atoms with van der Waals surface area (Å²) < 4.78 is 6.86. The summed E-state index contributed by atoms with van der Waals surface area (Å²) in [6, 6.07) is 5.81. The van der Waals surface area contributed by atoms with Crippen LogP contribution >= 0.6 is 0 Å². The number of carboxylic acid groups (broad SMARTS) is 1. The Morgan fingerprint density at radius 1 is 1.33 bits per heavy atom. The van der Waals surface area contributed by atoms with Gasteiger partial charge in [0.2, 0.25) is 0 Å². The molecule has 0 spiro atoms. The van der Waals surface area contributed by atoms with Gasteiger partial charge < -0.3 is 14.4 Å². The van der Waals surface area contributed by atoms with E-state index in [2.05, 4.69) is 6.07 Å². The highest BCUT2D eigenvalue weighted by atomic mass is 16.5. The van der Waals surface area contributed by atoms with E-state index in [0.29, 0.717) is 18.8 Å². The lowest BCUT2D eigenvalue weighted by molar-refractivity contribution is 0.0683. The van der Waals surface area contributed by atoms with Gasteiger partial charge in [0.1, 0.15) is 5.69 Å². The maximum absolute atomic E-state index is 11.3. The van der Waals surface area contributed by atoms with Gasteiger partial charge in [-0.25, -0.2) is 4.79 Å². The second-order valence-corrected chi connectivity index (χ2v) is 4.50. The van der Waals surface area contributed by atoms with Crippen molar-refractivity contribution in [3.63, 3.8) is 0 Å². The molecule has 2 rings (SSSR count). The first-order valence-electron chi connectivity index (χ1n) is 5.87. The van der Waals surface area contributed by atoms with Crippen molar-refractivity contribution in [2.75, 3.05) is 13.7 Å². The first-order valence-corrected chi connectivity index (χ1v) is 5.87. The fraction of sp³-hybridized carbons (Fsp3) is 0.357. The van der Waals surface area contributed by atoms with Gasteiger partial charge in [-0.05, 0) is 31.5 Å². The van der Waals surface area contributed by atoms with Crippen molar-refractivity contribution < 1.29 is 14.6 Å². The zero-order valence-corrected chi connectivity index (χ0v) is 10.9. The third kappa shape index (κ3) is 2.11. The molecule has 2 aromatic rings. The summed E-state index contributed by atoms with van der Waals surface area (Å²) in [4.78, 5) is 11.3. The summed E-state index contributed by atoms with van der Waals surface area (Å²) in [5.74, 6) is -0.903. The summed E-state index contributed by atoms with van der Waals surface area (Å²) in [6.45, 7) is 5.06. The van der Waals surface area contributed by atoms with Crippen molar-refractivity contribution in [1.82, 2.24) is 4.57 Å². The monoisotopic (exact) mass is 247 g/mol. The molecule has 0 amide bonds. The molecule has 1 heterocycles. The lowest BCUT2D eigenvalue weighted by atomic mass is 10.1. The molecule has 1 aromatic heterocycles. The van der Waals surface area contributed by atoms with Crippen molar-refractivity contribution >= 4 is 16.9 Å². The van der Waals surface area contributed by atoms with Crippen LogP contribution in [0, 0.1) is 13.8 Å². The number of hydrogen-bond donors (Lipinski definition) is 1. The third-order valence-electron chi connectivity index (χ3n) is 3.07. The average Bonchev–Trinajstić information content (AvgIpc) is 2.65. The van der Waals surface area contributed by atoms with Gasteiger partial charge in [0.15, 0.2) is 0 Å². The minimum atomic E-state index is -0.903. The average molecular weight is 247 g/mol. The number of nitrogens with zero attached hydrogens (tertiary/aromatic N) is 1. The molecule has 96 valence electrons. The van der Waals surface area contributed by atoms with Crippen molar-refractivity contribution in [2.45, 2.75) is 20.4 Å². The molecule has 4 nitrogen and oxygen atoms in total. The molecule has 0 radical (unpaired) electrons. The maximum Gasteiger partial charge on any atom is 0.352 e. The van der Waals surface area contributed by atoms with Crippen molar-refractivity contribution in [3.8, 4) is 0 Å². The van der Waals surface area contributed by atoms with E-state index in [1.807, 2.05) is 24.5 Å². The van der Waals surface area contributed by atoms with Gasteiger partial charge in [-0.2, -0.15) is 0 Å². The van der Waals surface area contributed by atoms with Gasteiger partial charge in [0, 0.05) is 19.0 Å². The number of ether oxygens (including phenoxy) is 1. The first-order chi connectivity index (χ1) is 8.54. The van der Waals surface area contributed by atoms with Crippen LogP contribution in [-0.2, 0) is 11.3 Å². The minimum absolute atomic E-state index is 0.316. The molecule has 0 atom stereocenters. The van der Waals surface area contributed by atoms with Crippen LogP contribution in [0.2, 0.25) is 0 Å². The SMILES string of the molecule is COCCn1c(C(=O)O)cc2cc(C)cc(C)c21. The van der Waals surface area contributed by atoms with E-state index in [-0.39, 0.29) is 0 Å². The molecule has 0 fully saturated rings. The number of benzene rings is 1. The van der Waals surface area contributed by atoms with E-state index in [0.717, 1.165) is 22.0 Å². The van der Waals surface area contributed by atoms with Crippen LogP contribution in [0.25, 0.3) is 10.9 Å². The molecule has 0 aliphatic rings. The Hall–Kier alpha value is -1.81. The second kappa shape index (κ2) is 4.82. The van der Waals surface area contributed by atoms with Gasteiger partial charge >= 0.3 is 5.97 Å². The van der Waals surface area contributed by atoms with E-state index in [1.54, 1.807) is 13.2 Å². The number of methoxy groups -OCH3 is 1. The summed E-state index contributed by atoms with van der Waals surface area (Å²) in [5.41, 5.74) is 3.53. The Labute approximate surface area is 106 Å². The molecule has 4 heteroatoms. The highest BCUT2D eigenvalue weighted by Crippen LogP contribution is 2.25. The van der Waals surface area contributed by atoms with E-state index in [9.17, 15) is 9.90 Å². The fourth-order valence-corrected chi connectivity index (χ4v) is 2.41. The number of carboxylic acids is 1. The van der Waals surface area contributed by atoms with Crippen molar-refractivity contribution in [1.29, 1.82) is 0 Å². The predicted molar refractivity (Wildman–Crippen MR) is 70.2 cm³/mol. The molecule has 0 unspecified atom stereocenters. The second-order valence-electron chi connectivity index (χ2n) is 4.50. The topological polar surface area (TPSA) is 51.5 Å². The number of rotatable bonds is 4. The zero-order chi connectivity index (χ0) is 13.3. The fourth-order valence-electron chi connectivity index (χ4n) is 2.41. The largest absolute Gasteiger partial charge is 0.477 e. The van der Waals surface area contributed by atoms with Gasteiger partial charge in [0.05, 0.1) is 12.1 Å². The van der Waals surface area contributed by atoms with Crippen LogP contribution in [-0.4, -0.2) is 29.4 Å². The number of aryl methyl sites for hydroxylation is 2. The molecule has 0 bridgehead atoms. The molecule has 0 aliphatic heterocycles. The molecule has 18 heavy (non-hydrogen) atoms. The number of aromatic carboxylic acids is 1. The van der Waals surface area contributed by atoms with Gasteiger partial charge in [0.25, 0.3) is 0 Å². The lowest BCUT2D eigenvalue weighted by Gasteiger charge is -2.09. The summed E-state index contributed by atoms with van der Waals surface area (Å²) in [5, 5.41) is 10.2. The predicted octanol–water partition coefficient (Wildman–Crippen LogP) is 2.60. The zero-order valence-electron chi connectivity index (χ0n) is 10.9. The van der Waals surface area contributed by atoms with E-state index < -0.39 is 5.97 Å². The van der Waals surface area contributed by atoms with Crippen LogP contribution in [0.4, 0.5) is 0 Å². The Morgan fingerprint density at radius 2 is 2.06 bits per heavy atom. The Morgan fingerprint density at radius 3 is 2.67 bits per heavy atom. The van der Waals surface area contributed by atoms with Crippen molar-refractivity contribution in [2.24, 2.45) is 0 Å². The summed E-state index contributed by atoms with van der Waals surface area (Å²) in [7, 11) is 1.61. The molecule has 0 saturated heterocycles. The summed E-state index contributed by atoms with van der Waals surface area (Å²) in [6.07, 6.45) is 0. The van der Waals surface area contributed by atoms with Gasteiger partial charge in [-0.3, -0.25) is 0 Å². The summed E-state index contributed by atoms with van der Waals surface area (Å²) >= 11 is 0. The quantitative estimate of drug-likeness (QED) is 0.903. The number of fused-ring (bicyclic) bond motifs is 1. The molecular weight excluding hydrogens is 230 g/mol. The first kappa shape index (κ1) is 12.6. The van der Waals surface area contributed by atoms with Crippen LogP contribution < -0.4 is 0 Å². The molecular formula is C14H17NO3. The van der Waals surface area contributed by atoms with Gasteiger partial charge in [-0.1, -0.05) is 11.6 Å². The standard InChI is InChI=1S/C14H17NO3/c1-9-6-10(2)13-11(7-9)8-12(14(16)17)15(13)4-5-18-3/h6-8H,4-5H2,1-3H3,(H,16,17). The normalized spacial score (nSPS) is 11.1. The van der Waals surface area contributed by atoms with Gasteiger partial charge in [-0.15, -0.1) is 0 Å². The maximum atomic E-state index is 11.3. The molecule has 0 aliphatic carbocycles. The highest BCUT2D eigenvalue weighted by Gasteiger charge is 2.15. The van der Waals surface area contributed by atoms with Crippen LogP contribution in [0.1, 0.15) is 21.6 Å². The van der Waals surface area contributed by atoms with Crippen LogP contribution in [0.15, 0.2) is 18.2 Å². The minimum Gasteiger partial charge on any atom is -0.477 e. The van der Waals surface area contributed by atoms with Crippen molar-refractivity contribution in [3.05, 3.63) is 35.0 Å². The molecule has 1 N–H and O–H groups in total. The van der Waals surface area contributed by atoms with E-state index >= 15 is 0 Å². The van der Waals surface area contributed by atoms with Crippen LogP contribution in [0.3, 0.4) is 0 Å². The third-order valence-corrected chi connectivity index (χ3v) is 3.07. The lowest BCUT2D eigenvalue weighted by Crippen LogP contribution is -2.12. The Balaban J connectivity index is 2.68. The number of hydrogen-bond acceptors (Lipinski definition) is 2. The molecule has 1 aromatic carbocycles. The van der Waals surface area contributed by atoms with E-state index in [1.165, 1.54) is 0 Å². The Bertz CT molecular complexity index is 599. The highest BCUT2D eigenvalue weighted by molar-refractivity contribution is 5.96. The van der Waals surface area contributed by atoms with E-state index in [4.69, 9.17) is 4.74 Å². The molecule has 0 saturated carbocycles. The number of aromatic nitrogens is 1. The smallest absolute Gasteiger partial charge is 0.352 e. The van der Waals surface area contributed by atoms with Crippen LogP contribution in [0.5, 0.6) is 0 Å². The number of carbonyl (C=O) groups is 1.